The van der Waals surface area contributed by atoms with Gasteiger partial charge in [-0.1, -0.05) is 6.92 Å². The van der Waals surface area contributed by atoms with Gasteiger partial charge in [0.2, 0.25) is 0 Å². The molecule has 1 unspecified atom stereocenters. The number of hydrogen-bond acceptors (Lipinski definition) is 3. The third-order valence-corrected chi connectivity index (χ3v) is 2.35. The monoisotopic (exact) mass is 203 g/mol. The van der Waals surface area contributed by atoms with Crippen molar-refractivity contribution in [1.82, 2.24) is 5.32 Å². The predicted octanol–water partition coefficient (Wildman–Crippen LogP) is 1.68. The first-order chi connectivity index (χ1) is 6.81. The van der Waals surface area contributed by atoms with E-state index in [-0.39, 0.29) is 0 Å². The van der Waals surface area contributed by atoms with Gasteiger partial charge >= 0.3 is 0 Å². The van der Waals surface area contributed by atoms with E-state index < -0.39 is 0 Å². The van der Waals surface area contributed by atoms with Crippen molar-refractivity contribution in [2.45, 2.75) is 26.2 Å². The molecular formula is C11H25NO2. The molecule has 0 saturated carbocycles. The Morgan fingerprint density at radius 3 is 2.36 bits per heavy atom. The van der Waals surface area contributed by atoms with Gasteiger partial charge in [0.05, 0.1) is 6.61 Å². The number of hydrogen-bond donors (Lipinski definition) is 1. The summed E-state index contributed by atoms with van der Waals surface area (Å²) in [4.78, 5) is 0. The largest absolute Gasteiger partial charge is 0.385 e. The molecule has 86 valence electrons. The molecule has 0 aliphatic heterocycles. The van der Waals surface area contributed by atoms with E-state index in [0.717, 1.165) is 32.2 Å². The Morgan fingerprint density at radius 1 is 1.00 bits per heavy atom. The summed E-state index contributed by atoms with van der Waals surface area (Å²) in [5.74, 6) is 0.777. The fourth-order valence-corrected chi connectivity index (χ4v) is 1.34. The van der Waals surface area contributed by atoms with Gasteiger partial charge in [-0.05, 0) is 31.7 Å². The van der Waals surface area contributed by atoms with E-state index in [0.29, 0.717) is 0 Å². The average molecular weight is 203 g/mol. The van der Waals surface area contributed by atoms with Crippen LogP contribution in [0.5, 0.6) is 0 Å². The van der Waals surface area contributed by atoms with Crippen molar-refractivity contribution in [3.8, 4) is 0 Å². The standard InChI is InChI=1S/C11H25NO2/c1-11(6-9-13-2)5-4-7-12-8-10-14-3/h11-12H,4-10H2,1-3H3. The third-order valence-electron chi connectivity index (χ3n) is 2.35. The smallest absolute Gasteiger partial charge is 0.0587 e. The fourth-order valence-electron chi connectivity index (χ4n) is 1.34. The molecule has 0 radical (unpaired) electrons. The van der Waals surface area contributed by atoms with Gasteiger partial charge in [-0.2, -0.15) is 0 Å². The fraction of sp³-hybridized carbons (Fsp3) is 1.00. The molecule has 0 aromatic rings. The summed E-state index contributed by atoms with van der Waals surface area (Å²) < 4.78 is 9.98. The van der Waals surface area contributed by atoms with Crippen molar-refractivity contribution in [2.75, 3.05) is 40.5 Å². The summed E-state index contributed by atoms with van der Waals surface area (Å²) in [5.41, 5.74) is 0. The second kappa shape index (κ2) is 11.0. The van der Waals surface area contributed by atoms with Gasteiger partial charge in [0.15, 0.2) is 0 Å². The maximum atomic E-state index is 5.04. The van der Waals surface area contributed by atoms with Crippen LogP contribution in [0.4, 0.5) is 0 Å². The first kappa shape index (κ1) is 13.9. The van der Waals surface area contributed by atoms with Gasteiger partial charge in [-0.3, -0.25) is 0 Å². The van der Waals surface area contributed by atoms with E-state index >= 15 is 0 Å². The van der Waals surface area contributed by atoms with Crippen LogP contribution in [-0.4, -0.2) is 40.5 Å². The Labute approximate surface area is 88.2 Å². The van der Waals surface area contributed by atoms with Crippen LogP contribution in [0.25, 0.3) is 0 Å². The molecule has 1 N–H and O–H groups in total. The predicted molar refractivity (Wildman–Crippen MR) is 59.6 cm³/mol. The van der Waals surface area contributed by atoms with Crippen LogP contribution in [0.2, 0.25) is 0 Å². The van der Waals surface area contributed by atoms with Gasteiger partial charge in [0.1, 0.15) is 0 Å². The zero-order chi connectivity index (χ0) is 10.6. The van der Waals surface area contributed by atoms with Crippen LogP contribution in [0.3, 0.4) is 0 Å². The van der Waals surface area contributed by atoms with Crippen LogP contribution in [0, 0.1) is 5.92 Å². The van der Waals surface area contributed by atoms with Crippen molar-refractivity contribution in [3.63, 3.8) is 0 Å². The van der Waals surface area contributed by atoms with Crippen molar-refractivity contribution in [3.05, 3.63) is 0 Å². The van der Waals surface area contributed by atoms with E-state index in [1.165, 1.54) is 19.3 Å². The first-order valence-corrected chi connectivity index (χ1v) is 5.49. The van der Waals surface area contributed by atoms with Crippen LogP contribution in [0.15, 0.2) is 0 Å². The van der Waals surface area contributed by atoms with Crippen molar-refractivity contribution < 1.29 is 9.47 Å². The molecule has 0 rings (SSSR count). The Hall–Kier alpha value is -0.120. The van der Waals surface area contributed by atoms with Gasteiger partial charge in [-0.25, -0.2) is 0 Å². The number of methoxy groups -OCH3 is 2. The molecule has 3 heteroatoms. The lowest BCUT2D eigenvalue weighted by molar-refractivity contribution is 0.177. The molecule has 0 fully saturated rings. The SMILES string of the molecule is COCCNCCCC(C)CCOC. The highest BCUT2D eigenvalue weighted by molar-refractivity contribution is 4.55. The van der Waals surface area contributed by atoms with E-state index in [1.54, 1.807) is 14.2 Å². The van der Waals surface area contributed by atoms with Gasteiger partial charge < -0.3 is 14.8 Å². The maximum Gasteiger partial charge on any atom is 0.0587 e. The minimum atomic E-state index is 0.777. The van der Waals surface area contributed by atoms with Crippen LogP contribution in [-0.2, 0) is 9.47 Å². The normalized spacial score (nSPS) is 13.1. The summed E-state index contributed by atoms with van der Waals surface area (Å²) in [6, 6.07) is 0. The molecule has 0 aromatic carbocycles. The van der Waals surface area contributed by atoms with Crippen LogP contribution < -0.4 is 5.32 Å². The first-order valence-electron chi connectivity index (χ1n) is 5.49. The zero-order valence-electron chi connectivity index (χ0n) is 9.84. The maximum absolute atomic E-state index is 5.04. The van der Waals surface area contributed by atoms with Gasteiger partial charge in [0.25, 0.3) is 0 Å². The number of rotatable bonds is 10. The minimum Gasteiger partial charge on any atom is -0.385 e. The highest BCUT2D eigenvalue weighted by Crippen LogP contribution is 2.09. The van der Waals surface area contributed by atoms with Crippen molar-refractivity contribution >= 4 is 0 Å². The summed E-state index contributed by atoms with van der Waals surface area (Å²) in [5, 5.41) is 3.34. The lowest BCUT2D eigenvalue weighted by Gasteiger charge is -2.10. The molecule has 0 aromatic heterocycles. The van der Waals surface area contributed by atoms with E-state index in [9.17, 15) is 0 Å². The molecular weight excluding hydrogens is 178 g/mol. The van der Waals surface area contributed by atoms with E-state index in [4.69, 9.17) is 9.47 Å². The molecule has 0 spiro atoms. The molecule has 0 amide bonds. The zero-order valence-corrected chi connectivity index (χ0v) is 9.84. The van der Waals surface area contributed by atoms with Gasteiger partial charge in [0, 0.05) is 27.4 Å². The number of nitrogens with one attached hydrogen (secondary N) is 1. The molecule has 0 aliphatic rings. The van der Waals surface area contributed by atoms with E-state index in [2.05, 4.69) is 12.2 Å². The van der Waals surface area contributed by atoms with Crippen LogP contribution >= 0.6 is 0 Å². The summed E-state index contributed by atoms with van der Waals surface area (Å²) in [7, 11) is 3.49. The van der Waals surface area contributed by atoms with E-state index in [1.807, 2.05) is 0 Å². The topological polar surface area (TPSA) is 30.5 Å². The Morgan fingerprint density at radius 2 is 1.71 bits per heavy atom. The Bertz CT molecular complexity index is 109. The Kier molecular flexibility index (Phi) is 10.9. The lowest BCUT2D eigenvalue weighted by atomic mass is 10.0. The molecule has 0 bridgehead atoms. The molecule has 1 atom stereocenters. The second-order valence-corrected chi connectivity index (χ2v) is 3.77. The summed E-state index contributed by atoms with van der Waals surface area (Å²) in [6.07, 6.45) is 3.70. The quantitative estimate of drug-likeness (QED) is 0.548. The number of ether oxygens (including phenoxy) is 2. The third kappa shape index (κ3) is 9.96. The molecule has 0 saturated heterocycles. The summed E-state index contributed by atoms with van der Waals surface area (Å²) >= 11 is 0. The molecule has 3 nitrogen and oxygen atoms in total. The minimum absolute atomic E-state index is 0.777. The highest BCUT2D eigenvalue weighted by Gasteiger charge is 2.00. The van der Waals surface area contributed by atoms with Crippen molar-refractivity contribution in [2.24, 2.45) is 5.92 Å². The van der Waals surface area contributed by atoms with Gasteiger partial charge in [-0.15, -0.1) is 0 Å². The van der Waals surface area contributed by atoms with Crippen molar-refractivity contribution in [1.29, 1.82) is 0 Å². The summed E-state index contributed by atoms with van der Waals surface area (Å²) in [6.45, 7) is 6.04. The molecule has 0 heterocycles. The Balaban J connectivity index is 3.02. The highest BCUT2D eigenvalue weighted by atomic mass is 16.5. The second-order valence-electron chi connectivity index (χ2n) is 3.77. The average Bonchev–Trinajstić information content (AvgIpc) is 2.20. The molecule has 0 aliphatic carbocycles. The molecule has 14 heavy (non-hydrogen) atoms. The lowest BCUT2D eigenvalue weighted by Crippen LogP contribution is -2.20. The van der Waals surface area contributed by atoms with Crippen LogP contribution in [0.1, 0.15) is 26.2 Å².